The van der Waals surface area contributed by atoms with E-state index in [1.807, 2.05) is 54.6 Å². The van der Waals surface area contributed by atoms with E-state index in [0.717, 1.165) is 29.5 Å². The van der Waals surface area contributed by atoms with Gasteiger partial charge in [-0.3, -0.25) is 4.79 Å². The molecule has 1 atom stereocenters. The Bertz CT molecular complexity index is 1080. The summed E-state index contributed by atoms with van der Waals surface area (Å²) in [5.41, 5.74) is 3.22. The molecular weight excluding hydrogens is 354 g/mol. The molecule has 0 aliphatic carbocycles. The number of piperidine rings is 1. The van der Waals surface area contributed by atoms with Crippen LogP contribution in [0.15, 0.2) is 69.6 Å². The van der Waals surface area contributed by atoms with Gasteiger partial charge in [-0.15, -0.1) is 0 Å². The summed E-state index contributed by atoms with van der Waals surface area (Å²) in [4.78, 5) is 19.3. The van der Waals surface area contributed by atoms with Gasteiger partial charge in [0.15, 0.2) is 11.5 Å². The monoisotopic (exact) mass is 373 g/mol. The first-order valence-corrected chi connectivity index (χ1v) is 9.45. The van der Waals surface area contributed by atoms with Crippen LogP contribution in [0.2, 0.25) is 0 Å². The SMILES string of the molecule is O=C(c1cc(-c2ccccc2)no1)N1CCCC(c2nc3ccccc3o2)C1. The third kappa shape index (κ3) is 3.07. The number of hydrogen-bond donors (Lipinski definition) is 0. The molecular formula is C22H19N3O3. The van der Waals surface area contributed by atoms with Crippen LogP contribution < -0.4 is 0 Å². The van der Waals surface area contributed by atoms with E-state index in [1.165, 1.54) is 0 Å². The van der Waals surface area contributed by atoms with Crippen molar-refractivity contribution in [3.05, 3.63) is 72.3 Å². The molecule has 0 saturated carbocycles. The van der Waals surface area contributed by atoms with Gasteiger partial charge in [0.25, 0.3) is 5.91 Å². The average Bonchev–Trinajstić information content (AvgIpc) is 3.41. The lowest BCUT2D eigenvalue weighted by Gasteiger charge is -2.30. The normalized spacial score (nSPS) is 17.1. The molecule has 6 nitrogen and oxygen atoms in total. The number of rotatable bonds is 3. The van der Waals surface area contributed by atoms with Crippen molar-refractivity contribution in [1.29, 1.82) is 0 Å². The van der Waals surface area contributed by atoms with E-state index in [1.54, 1.807) is 11.0 Å². The van der Waals surface area contributed by atoms with Crippen molar-refractivity contribution < 1.29 is 13.7 Å². The van der Waals surface area contributed by atoms with Crippen molar-refractivity contribution >= 4 is 17.0 Å². The molecule has 3 heterocycles. The maximum absolute atomic E-state index is 12.9. The zero-order valence-electron chi connectivity index (χ0n) is 15.2. The van der Waals surface area contributed by atoms with Crippen LogP contribution >= 0.6 is 0 Å². The molecule has 6 heteroatoms. The number of carbonyl (C=O) groups excluding carboxylic acids is 1. The fourth-order valence-corrected chi connectivity index (χ4v) is 3.70. The Morgan fingerprint density at radius 1 is 1.07 bits per heavy atom. The van der Waals surface area contributed by atoms with Gasteiger partial charge in [0.05, 0.1) is 5.92 Å². The van der Waals surface area contributed by atoms with Gasteiger partial charge in [-0.25, -0.2) is 4.98 Å². The molecule has 1 aliphatic heterocycles. The number of fused-ring (bicyclic) bond motifs is 1. The van der Waals surface area contributed by atoms with E-state index in [0.29, 0.717) is 24.7 Å². The summed E-state index contributed by atoms with van der Waals surface area (Å²) in [7, 11) is 0. The minimum Gasteiger partial charge on any atom is -0.440 e. The largest absolute Gasteiger partial charge is 0.440 e. The second kappa shape index (κ2) is 6.96. The summed E-state index contributed by atoms with van der Waals surface area (Å²) in [6.07, 6.45) is 1.84. The Morgan fingerprint density at radius 3 is 2.75 bits per heavy atom. The van der Waals surface area contributed by atoms with Crippen LogP contribution in [-0.2, 0) is 0 Å². The highest BCUT2D eigenvalue weighted by Gasteiger charge is 2.30. The Balaban J connectivity index is 1.35. The number of oxazole rings is 1. The number of hydrogen-bond acceptors (Lipinski definition) is 5. The van der Waals surface area contributed by atoms with Crippen LogP contribution in [0.25, 0.3) is 22.4 Å². The molecule has 1 amide bonds. The maximum Gasteiger partial charge on any atom is 0.292 e. The van der Waals surface area contributed by atoms with E-state index in [2.05, 4.69) is 10.1 Å². The minimum atomic E-state index is -0.143. The lowest BCUT2D eigenvalue weighted by Crippen LogP contribution is -2.39. The van der Waals surface area contributed by atoms with Crippen LogP contribution in [0.3, 0.4) is 0 Å². The minimum absolute atomic E-state index is 0.0848. The third-order valence-electron chi connectivity index (χ3n) is 5.16. The molecule has 1 aliphatic rings. The average molecular weight is 373 g/mol. The first kappa shape index (κ1) is 16.7. The lowest BCUT2D eigenvalue weighted by molar-refractivity contribution is 0.0657. The Morgan fingerprint density at radius 2 is 1.89 bits per heavy atom. The van der Waals surface area contributed by atoms with Crippen LogP contribution in [0, 0.1) is 0 Å². The summed E-state index contributed by atoms with van der Waals surface area (Å²) in [6, 6.07) is 19.1. The lowest BCUT2D eigenvalue weighted by atomic mass is 9.97. The van der Waals surface area contributed by atoms with E-state index in [9.17, 15) is 4.79 Å². The molecule has 1 fully saturated rings. The predicted octanol–water partition coefficient (Wildman–Crippen LogP) is 4.50. The summed E-state index contributed by atoms with van der Waals surface area (Å²) in [5, 5.41) is 4.05. The van der Waals surface area contributed by atoms with Crippen molar-refractivity contribution in [3.63, 3.8) is 0 Å². The first-order valence-electron chi connectivity index (χ1n) is 9.45. The van der Waals surface area contributed by atoms with Gasteiger partial charge in [0, 0.05) is 24.7 Å². The molecule has 0 spiro atoms. The highest BCUT2D eigenvalue weighted by atomic mass is 16.5. The number of para-hydroxylation sites is 2. The zero-order chi connectivity index (χ0) is 18.9. The quantitative estimate of drug-likeness (QED) is 0.529. The Labute approximate surface area is 161 Å². The number of carbonyl (C=O) groups is 1. The van der Waals surface area contributed by atoms with E-state index < -0.39 is 0 Å². The van der Waals surface area contributed by atoms with Gasteiger partial charge < -0.3 is 13.8 Å². The molecule has 0 N–H and O–H groups in total. The first-order chi connectivity index (χ1) is 13.8. The topological polar surface area (TPSA) is 72.4 Å². The number of aromatic nitrogens is 2. The number of benzene rings is 2. The molecule has 0 radical (unpaired) electrons. The van der Waals surface area contributed by atoms with Gasteiger partial charge in [0.1, 0.15) is 11.2 Å². The van der Waals surface area contributed by atoms with Gasteiger partial charge in [-0.1, -0.05) is 47.6 Å². The van der Waals surface area contributed by atoms with Crippen molar-refractivity contribution in [3.8, 4) is 11.3 Å². The van der Waals surface area contributed by atoms with E-state index >= 15 is 0 Å². The van der Waals surface area contributed by atoms with Crippen molar-refractivity contribution in [1.82, 2.24) is 15.0 Å². The molecule has 2 aromatic carbocycles. The fourth-order valence-electron chi connectivity index (χ4n) is 3.70. The fraction of sp³-hybridized carbons (Fsp3) is 0.227. The molecule has 0 bridgehead atoms. The van der Waals surface area contributed by atoms with Crippen LogP contribution in [0.5, 0.6) is 0 Å². The van der Waals surface area contributed by atoms with Crippen molar-refractivity contribution in [2.45, 2.75) is 18.8 Å². The highest BCUT2D eigenvalue weighted by Crippen LogP contribution is 2.30. The standard InChI is InChI=1S/C22H19N3O3/c26-22(20-13-18(24-28-20)15-7-2-1-3-8-15)25-12-6-9-16(14-25)21-23-17-10-4-5-11-19(17)27-21/h1-5,7-8,10-11,13,16H,6,9,12,14H2. The molecule has 1 unspecified atom stereocenters. The van der Waals surface area contributed by atoms with Crippen LogP contribution in [0.4, 0.5) is 0 Å². The van der Waals surface area contributed by atoms with E-state index in [4.69, 9.17) is 8.94 Å². The second-order valence-electron chi connectivity index (χ2n) is 7.05. The van der Waals surface area contributed by atoms with Crippen molar-refractivity contribution in [2.24, 2.45) is 0 Å². The van der Waals surface area contributed by atoms with Crippen molar-refractivity contribution in [2.75, 3.05) is 13.1 Å². The number of amides is 1. The molecule has 4 aromatic rings. The molecule has 140 valence electrons. The van der Waals surface area contributed by atoms with Crippen LogP contribution in [-0.4, -0.2) is 34.0 Å². The Kier molecular flexibility index (Phi) is 4.16. The maximum atomic E-state index is 12.9. The van der Waals surface area contributed by atoms with Gasteiger partial charge in [-0.2, -0.15) is 0 Å². The van der Waals surface area contributed by atoms with E-state index in [-0.39, 0.29) is 17.6 Å². The zero-order valence-corrected chi connectivity index (χ0v) is 15.2. The summed E-state index contributed by atoms with van der Waals surface area (Å²) >= 11 is 0. The van der Waals surface area contributed by atoms with Gasteiger partial charge >= 0.3 is 0 Å². The van der Waals surface area contributed by atoms with Crippen LogP contribution in [0.1, 0.15) is 35.2 Å². The predicted molar refractivity (Wildman–Crippen MR) is 104 cm³/mol. The third-order valence-corrected chi connectivity index (χ3v) is 5.16. The molecule has 1 saturated heterocycles. The smallest absolute Gasteiger partial charge is 0.292 e. The summed E-state index contributed by atoms with van der Waals surface area (Å²) < 4.78 is 11.3. The molecule has 2 aromatic heterocycles. The van der Waals surface area contributed by atoms with Gasteiger partial charge in [0.2, 0.25) is 5.76 Å². The molecule has 5 rings (SSSR count). The highest BCUT2D eigenvalue weighted by molar-refractivity contribution is 5.92. The summed E-state index contributed by atoms with van der Waals surface area (Å²) in [5.74, 6) is 0.899. The van der Waals surface area contributed by atoms with Gasteiger partial charge in [-0.05, 0) is 25.0 Å². The summed E-state index contributed by atoms with van der Waals surface area (Å²) in [6.45, 7) is 1.25. The molecule has 28 heavy (non-hydrogen) atoms. The number of likely N-dealkylation sites (tertiary alicyclic amines) is 1. The number of nitrogens with zero attached hydrogens (tertiary/aromatic N) is 3. The second-order valence-corrected chi connectivity index (χ2v) is 7.05. The Hall–Kier alpha value is -3.41.